The number of nitrogens with one attached hydrogen (secondary N) is 1. The minimum Gasteiger partial charge on any atom is -0.497 e. The molecule has 0 bridgehead atoms. The summed E-state index contributed by atoms with van der Waals surface area (Å²) in [5.74, 6) is -0.0859. The van der Waals surface area contributed by atoms with Crippen LogP contribution >= 0.6 is 0 Å². The van der Waals surface area contributed by atoms with Crippen molar-refractivity contribution in [2.24, 2.45) is 0 Å². The number of carboxylic acid groups (broad SMARTS) is 1. The van der Waals surface area contributed by atoms with Crippen LogP contribution in [-0.2, 0) is 6.42 Å². The third-order valence-corrected chi connectivity index (χ3v) is 3.35. The van der Waals surface area contributed by atoms with Crippen LogP contribution in [0.3, 0.4) is 0 Å². The molecule has 0 saturated carbocycles. The molecule has 21 heavy (non-hydrogen) atoms. The van der Waals surface area contributed by atoms with E-state index in [0.29, 0.717) is 17.8 Å². The van der Waals surface area contributed by atoms with Gasteiger partial charge in [0.05, 0.1) is 18.4 Å². The summed E-state index contributed by atoms with van der Waals surface area (Å²) in [5, 5.41) is 12.4. The molecular weight excluding hydrogens is 266 g/mol. The third kappa shape index (κ3) is 3.75. The van der Waals surface area contributed by atoms with Crippen molar-refractivity contribution in [3.05, 3.63) is 59.2 Å². The monoisotopic (exact) mass is 285 g/mol. The van der Waals surface area contributed by atoms with E-state index < -0.39 is 5.97 Å². The van der Waals surface area contributed by atoms with Crippen LogP contribution in [-0.4, -0.2) is 24.7 Å². The number of hydrogen-bond acceptors (Lipinski definition) is 3. The first-order valence-corrected chi connectivity index (χ1v) is 6.81. The van der Waals surface area contributed by atoms with Crippen molar-refractivity contribution in [3.8, 4) is 5.75 Å². The van der Waals surface area contributed by atoms with Crippen molar-refractivity contribution < 1.29 is 14.6 Å². The molecule has 0 aliphatic heterocycles. The van der Waals surface area contributed by atoms with E-state index in [1.165, 1.54) is 0 Å². The van der Waals surface area contributed by atoms with E-state index in [4.69, 9.17) is 4.74 Å². The van der Waals surface area contributed by atoms with Gasteiger partial charge in [-0.05, 0) is 42.7 Å². The number of carboxylic acids is 1. The average molecular weight is 285 g/mol. The molecule has 2 rings (SSSR count). The molecule has 4 nitrogen and oxygen atoms in total. The van der Waals surface area contributed by atoms with Crippen molar-refractivity contribution in [2.75, 3.05) is 19.0 Å². The molecule has 0 fully saturated rings. The largest absolute Gasteiger partial charge is 0.497 e. The van der Waals surface area contributed by atoms with E-state index in [2.05, 4.69) is 5.32 Å². The van der Waals surface area contributed by atoms with Crippen LogP contribution < -0.4 is 10.1 Å². The zero-order valence-corrected chi connectivity index (χ0v) is 12.2. The molecular formula is C17H19NO3. The summed E-state index contributed by atoms with van der Waals surface area (Å²) in [6, 6.07) is 13.1. The third-order valence-electron chi connectivity index (χ3n) is 3.35. The Morgan fingerprint density at radius 3 is 2.71 bits per heavy atom. The molecule has 0 aliphatic carbocycles. The van der Waals surface area contributed by atoms with E-state index in [1.807, 2.05) is 37.3 Å². The molecule has 0 saturated heterocycles. The highest BCUT2D eigenvalue weighted by molar-refractivity contribution is 5.95. The average Bonchev–Trinajstić information content (AvgIpc) is 2.49. The SMILES string of the molecule is COc1cccc(CCNc2c(C)cccc2C(=O)O)c1. The Kier molecular flexibility index (Phi) is 4.82. The van der Waals surface area contributed by atoms with E-state index in [9.17, 15) is 9.90 Å². The first-order chi connectivity index (χ1) is 10.1. The summed E-state index contributed by atoms with van der Waals surface area (Å²) in [4.78, 5) is 11.2. The topological polar surface area (TPSA) is 58.6 Å². The summed E-state index contributed by atoms with van der Waals surface area (Å²) in [5.41, 5.74) is 3.07. The second-order valence-electron chi connectivity index (χ2n) is 4.83. The van der Waals surface area contributed by atoms with Crippen LogP contribution in [0.2, 0.25) is 0 Å². The van der Waals surface area contributed by atoms with Crippen LogP contribution in [0.4, 0.5) is 5.69 Å². The van der Waals surface area contributed by atoms with Crippen LogP contribution in [0.15, 0.2) is 42.5 Å². The Labute approximate surface area is 124 Å². The van der Waals surface area contributed by atoms with Gasteiger partial charge >= 0.3 is 5.97 Å². The minimum atomic E-state index is -0.914. The molecule has 0 atom stereocenters. The predicted molar refractivity (Wildman–Crippen MR) is 83.3 cm³/mol. The van der Waals surface area contributed by atoms with Gasteiger partial charge in [0, 0.05) is 6.54 Å². The lowest BCUT2D eigenvalue weighted by Gasteiger charge is -2.12. The maximum Gasteiger partial charge on any atom is 0.337 e. The number of anilines is 1. The number of methoxy groups -OCH3 is 1. The van der Waals surface area contributed by atoms with Gasteiger partial charge < -0.3 is 15.2 Å². The van der Waals surface area contributed by atoms with Gasteiger partial charge in [0.2, 0.25) is 0 Å². The van der Waals surface area contributed by atoms with Crippen LogP contribution in [0, 0.1) is 6.92 Å². The summed E-state index contributed by atoms with van der Waals surface area (Å²) in [6.45, 7) is 2.57. The number of aromatic carboxylic acids is 1. The first kappa shape index (κ1) is 14.9. The van der Waals surface area contributed by atoms with Gasteiger partial charge in [-0.15, -0.1) is 0 Å². The zero-order chi connectivity index (χ0) is 15.2. The Balaban J connectivity index is 2.05. The smallest absolute Gasteiger partial charge is 0.337 e. The lowest BCUT2D eigenvalue weighted by Crippen LogP contribution is -2.11. The Morgan fingerprint density at radius 2 is 2.00 bits per heavy atom. The van der Waals surface area contributed by atoms with Crippen LogP contribution in [0.1, 0.15) is 21.5 Å². The maximum absolute atomic E-state index is 11.2. The van der Waals surface area contributed by atoms with E-state index in [1.54, 1.807) is 19.2 Å². The molecule has 0 aliphatic rings. The molecule has 2 aromatic rings. The molecule has 0 unspecified atom stereocenters. The van der Waals surface area contributed by atoms with Crippen LogP contribution in [0.25, 0.3) is 0 Å². The zero-order valence-electron chi connectivity index (χ0n) is 12.2. The fraction of sp³-hybridized carbons (Fsp3) is 0.235. The van der Waals surface area contributed by atoms with Gasteiger partial charge in [0.1, 0.15) is 5.75 Å². The highest BCUT2D eigenvalue weighted by Gasteiger charge is 2.11. The summed E-state index contributed by atoms with van der Waals surface area (Å²) in [7, 11) is 1.64. The molecule has 110 valence electrons. The summed E-state index contributed by atoms with van der Waals surface area (Å²) >= 11 is 0. The molecule has 0 amide bonds. The van der Waals surface area contributed by atoms with Crippen molar-refractivity contribution in [1.82, 2.24) is 0 Å². The summed E-state index contributed by atoms with van der Waals surface area (Å²) in [6.07, 6.45) is 0.796. The Bertz CT molecular complexity index is 638. The van der Waals surface area contributed by atoms with Gasteiger partial charge in [-0.3, -0.25) is 0 Å². The van der Waals surface area contributed by atoms with Gasteiger partial charge in [0.15, 0.2) is 0 Å². The second-order valence-corrected chi connectivity index (χ2v) is 4.83. The number of rotatable bonds is 6. The van der Waals surface area contributed by atoms with E-state index in [-0.39, 0.29) is 0 Å². The van der Waals surface area contributed by atoms with Gasteiger partial charge in [-0.1, -0.05) is 24.3 Å². The maximum atomic E-state index is 11.2. The summed E-state index contributed by atoms with van der Waals surface area (Å²) < 4.78 is 5.19. The van der Waals surface area contributed by atoms with Crippen molar-refractivity contribution in [2.45, 2.75) is 13.3 Å². The molecule has 0 spiro atoms. The quantitative estimate of drug-likeness (QED) is 0.854. The number of ether oxygens (including phenoxy) is 1. The second kappa shape index (κ2) is 6.79. The van der Waals surface area contributed by atoms with Gasteiger partial charge in [-0.2, -0.15) is 0 Å². The number of aryl methyl sites for hydroxylation is 1. The highest BCUT2D eigenvalue weighted by Crippen LogP contribution is 2.21. The number of benzene rings is 2. The van der Waals surface area contributed by atoms with E-state index in [0.717, 1.165) is 23.3 Å². The molecule has 0 radical (unpaired) electrons. The molecule has 4 heteroatoms. The van der Waals surface area contributed by atoms with E-state index >= 15 is 0 Å². The van der Waals surface area contributed by atoms with Crippen molar-refractivity contribution in [3.63, 3.8) is 0 Å². The lowest BCUT2D eigenvalue weighted by atomic mass is 10.1. The lowest BCUT2D eigenvalue weighted by molar-refractivity contribution is 0.0698. The van der Waals surface area contributed by atoms with Gasteiger partial charge in [0.25, 0.3) is 0 Å². The highest BCUT2D eigenvalue weighted by atomic mass is 16.5. The normalized spacial score (nSPS) is 10.2. The fourth-order valence-corrected chi connectivity index (χ4v) is 2.24. The Morgan fingerprint density at radius 1 is 1.24 bits per heavy atom. The molecule has 0 aromatic heterocycles. The number of carbonyl (C=O) groups is 1. The number of para-hydroxylation sites is 1. The van der Waals surface area contributed by atoms with Crippen molar-refractivity contribution >= 4 is 11.7 Å². The fourth-order valence-electron chi connectivity index (χ4n) is 2.24. The molecule has 0 heterocycles. The van der Waals surface area contributed by atoms with Crippen molar-refractivity contribution in [1.29, 1.82) is 0 Å². The molecule has 2 N–H and O–H groups in total. The predicted octanol–water partition coefficient (Wildman–Crippen LogP) is 3.36. The van der Waals surface area contributed by atoms with Crippen LogP contribution in [0.5, 0.6) is 5.75 Å². The first-order valence-electron chi connectivity index (χ1n) is 6.81. The van der Waals surface area contributed by atoms with Gasteiger partial charge in [-0.25, -0.2) is 4.79 Å². The molecule has 2 aromatic carbocycles. The minimum absolute atomic E-state index is 0.306. The Hall–Kier alpha value is -2.49. The number of hydrogen-bond donors (Lipinski definition) is 2. The standard InChI is InChI=1S/C17H19NO3/c1-12-5-3-8-15(17(19)20)16(12)18-10-9-13-6-4-7-14(11-13)21-2/h3-8,11,18H,9-10H2,1-2H3,(H,19,20).